The zero-order valence-electron chi connectivity index (χ0n) is 8.90. The van der Waals surface area contributed by atoms with Crippen LogP contribution < -0.4 is 5.32 Å². The summed E-state index contributed by atoms with van der Waals surface area (Å²) in [6, 6.07) is 0. The topological polar surface area (TPSA) is 83.6 Å². The van der Waals surface area contributed by atoms with E-state index in [4.69, 9.17) is 0 Å². The summed E-state index contributed by atoms with van der Waals surface area (Å²) in [5.74, 6) is -0.171. The van der Waals surface area contributed by atoms with Crippen molar-refractivity contribution in [2.45, 2.75) is 13.8 Å². The van der Waals surface area contributed by atoms with E-state index >= 15 is 0 Å². The SMILES string of the molecule is CC.CNC(=O)c1ncc2cn[nH]c2n1. The number of aromatic nitrogens is 4. The molecule has 0 spiro atoms. The number of nitrogens with one attached hydrogen (secondary N) is 2. The van der Waals surface area contributed by atoms with Gasteiger partial charge in [-0.25, -0.2) is 9.97 Å². The average Bonchev–Trinajstić information content (AvgIpc) is 2.77. The van der Waals surface area contributed by atoms with Crippen LogP contribution in [0.5, 0.6) is 0 Å². The summed E-state index contributed by atoms with van der Waals surface area (Å²) in [5, 5.41) is 9.65. The van der Waals surface area contributed by atoms with Crippen LogP contribution in [0.3, 0.4) is 0 Å². The Morgan fingerprint density at radius 1 is 1.40 bits per heavy atom. The van der Waals surface area contributed by atoms with Crippen molar-refractivity contribution in [1.82, 2.24) is 25.5 Å². The van der Waals surface area contributed by atoms with Crippen molar-refractivity contribution < 1.29 is 4.79 Å². The second-order valence-electron chi connectivity index (χ2n) is 2.45. The molecule has 0 aliphatic carbocycles. The highest BCUT2D eigenvalue weighted by molar-refractivity contribution is 5.91. The highest BCUT2D eigenvalue weighted by Gasteiger charge is 2.07. The largest absolute Gasteiger partial charge is 0.352 e. The quantitative estimate of drug-likeness (QED) is 0.722. The molecule has 2 aromatic rings. The summed E-state index contributed by atoms with van der Waals surface area (Å²) < 4.78 is 0. The first-order valence-electron chi connectivity index (χ1n) is 4.69. The van der Waals surface area contributed by atoms with Crippen LogP contribution in [0.25, 0.3) is 11.0 Å². The molecule has 6 heteroatoms. The van der Waals surface area contributed by atoms with Gasteiger partial charge in [0.15, 0.2) is 5.65 Å². The number of nitrogens with zero attached hydrogens (tertiary/aromatic N) is 3. The zero-order chi connectivity index (χ0) is 11.3. The van der Waals surface area contributed by atoms with Crippen LogP contribution in [-0.4, -0.2) is 33.1 Å². The normalized spacial score (nSPS) is 9.27. The van der Waals surface area contributed by atoms with Crippen LogP contribution in [-0.2, 0) is 0 Å². The molecule has 0 bridgehead atoms. The predicted octanol–water partition coefficient (Wildman–Crippen LogP) is 0.739. The monoisotopic (exact) mass is 207 g/mol. The van der Waals surface area contributed by atoms with Gasteiger partial charge in [-0.15, -0.1) is 0 Å². The molecule has 15 heavy (non-hydrogen) atoms. The molecule has 0 aliphatic heterocycles. The smallest absolute Gasteiger partial charge is 0.288 e. The lowest BCUT2D eigenvalue weighted by atomic mass is 10.4. The summed E-state index contributed by atoms with van der Waals surface area (Å²) >= 11 is 0. The van der Waals surface area contributed by atoms with Crippen molar-refractivity contribution in [2.75, 3.05) is 7.05 Å². The van der Waals surface area contributed by atoms with Gasteiger partial charge >= 0.3 is 0 Å². The van der Waals surface area contributed by atoms with Gasteiger partial charge in [-0.2, -0.15) is 5.10 Å². The Hall–Kier alpha value is -1.98. The zero-order valence-corrected chi connectivity index (χ0v) is 8.90. The number of fused-ring (bicyclic) bond motifs is 1. The summed E-state index contributed by atoms with van der Waals surface area (Å²) in [7, 11) is 1.53. The number of hydrogen-bond acceptors (Lipinski definition) is 4. The van der Waals surface area contributed by atoms with E-state index in [9.17, 15) is 4.79 Å². The first-order chi connectivity index (χ1) is 7.31. The Bertz CT molecular complexity index is 450. The van der Waals surface area contributed by atoms with Gasteiger partial charge in [-0.1, -0.05) is 13.8 Å². The second-order valence-corrected chi connectivity index (χ2v) is 2.45. The van der Waals surface area contributed by atoms with Gasteiger partial charge in [-0.05, 0) is 0 Å². The molecule has 0 saturated carbocycles. The van der Waals surface area contributed by atoms with E-state index in [1.54, 1.807) is 12.4 Å². The molecule has 0 unspecified atom stereocenters. The minimum Gasteiger partial charge on any atom is -0.352 e. The number of H-pyrrole nitrogens is 1. The molecule has 80 valence electrons. The average molecular weight is 207 g/mol. The second kappa shape index (κ2) is 5.04. The van der Waals surface area contributed by atoms with Crippen molar-refractivity contribution in [1.29, 1.82) is 0 Å². The molecule has 2 aromatic heterocycles. The van der Waals surface area contributed by atoms with Gasteiger partial charge in [-0.3, -0.25) is 9.89 Å². The molecular formula is C9H13N5O. The van der Waals surface area contributed by atoms with E-state index in [1.807, 2.05) is 13.8 Å². The van der Waals surface area contributed by atoms with E-state index < -0.39 is 0 Å². The molecule has 0 radical (unpaired) electrons. The fourth-order valence-electron chi connectivity index (χ4n) is 0.959. The van der Waals surface area contributed by atoms with Crippen LogP contribution in [0.1, 0.15) is 24.5 Å². The Labute approximate surface area is 87.1 Å². The van der Waals surface area contributed by atoms with Crippen molar-refractivity contribution in [3.63, 3.8) is 0 Å². The molecule has 2 heterocycles. The molecule has 0 saturated heterocycles. The van der Waals surface area contributed by atoms with Crippen molar-refractivity contribution >= 4 is 16.9 Å². The van der Waals surface area contributed by atoms with Gasteiger partial charge in [0.05, 0.1) is 11.6 Å². The number of amides is 1. The van der Waals surface area contributed by atoms with Gasteiger partial charge in [0.2, 0.25) is 5.82 Å². The highest BCUT2D eigenvalue weighted by atomic mass is 16.2. The van der Waals surface area contributed by atoms with E-state index in [-0.39, 0.29) is 11.7 Å². The first-order valence-corrected chi connectivity index (χ1v) is 4.69. The van der Waals surface area contributed by atoms with Gasteiger partial charge in [0, 0.05) is 13.2 Å². The molecule has 2 N–H and O–H groups in total. The maximum atomic E-state index is 11.1. The number of aromatic amines is 1. The maximum absolute atomic E-state index is 11.1. The molecule has 0 aromatic carbocycles. The predicted molar refractivity (Wildman–Crippen MR) is 56.4 cm³/mol. The molecule has 0 fully saturated rings. The standard InChI is InChI=1S/C7H7N5O.C2H6/c1-8-7(13)6-9-2-4-3-10-12-5(4)11-6;1-2/h2-3H,1H3,(H,8,13)(H,9,10,11,12);1-2H3. The van der Waals surface area contributed by atoms with E-state index in [1.165, 1.54) is 7.05 Å². The Kier molecular flexibility index (Phi) is 3.73. The third kappa shape index (κ3) is 2.28. The molecule has 2 rings (SSSR count). The van der Waals surface area contributed by atoms with Crippen LogP contribution in [0.2, 0.25) is 0 Å². The Morgan fingerprint density at radius 2 is 2.13 bits per heavy atom. The van der Waals surface area contributed by atoms with Crippen LogP contribution in [0, 0.1) is 0 Å². The van der Waals surface area contributed by atoms with E-state index in [2.05, 4.69) is 25.5 Å². The van der Waals surface area contributed by atoms with Gasteiger partial charge < -0.3 is 5.32 Å². The third-order valence-corrected chi connectivity index (χ3v) is 1.62. The molecule has 6 nitrogen and oxygen atoms in total. The fraction of sp³-hybridized carbons (Fsp3) is 0.333. The van der Waals surface area contributed by atoms with Crippen LogP contribution in [0.4, 0.5) is 0 Å². The molecule has 0 aliphatic rings. The van der Waals surface area contributed by atoms with Gasteiger partial charge in [0.25, 0.3) is 5.91 Å². The highest BCUT2D eigenvalue weighted by Crippen LogP contribution is 2.04. The summed E-state index contributed by atoms with van der Waals surface area (Å²) in [6.45, 7) is 4.00. The van der Waals surface area contributed by atoms with Crippen LogP contribution in [0.15, 0.2) is 12.4 Å². The summed E-state index contributed by atoms with van der Waals surface area (Å²) in [5.41, 5.74) is 0.564. The van der Waals surface area contributed by atoms with Crippen molar-refractivity contribution in [2.24, 2.45) is 0 Å². The summed E-state index contributed by atoms with van der Waals surface area (Å²) in [4.78, 5) is 18.9. The molecule has 0 atom stereocenters. The summed E-state index contributed by atoms with van der Waals surface area (Å²) in [6.07, 6.45) is 3.15. The van der Waals surface area contributed by atoms with Crippen molar-refractivity contribution in [3.8, 4) is 0 Å². The van der Waals surface area contributed by atoms with E-state index in [0.29, 0.717) is 5.65 Å². The minimum absolute atomic E-state index is 0.138. The fourth-order valence-corrected chi connectivity index (χ4v) is 0.959. The number of hydrogen-bond donors (Lipinski definition) is 2. The van der Waals surface area contributed by atoms with E-state index in [0.717, 1.165) is 5.39 Å². The third-order valence-electron chi connectivity index (χ3n) is 1.62. The lowest BCUT2D eigenvalue weighted by Gasteiger charge is -1.95. The maximum Gasteiger partial charge on any atom is 0.288 e. The first kappa shape index (κ1) is 11.1. The Balaban J connectivity index is 0.000000531. The molecule has 1 amide bonds. The lowest BCUT2D eigenvalue weighted by Crippen LogP contribution is -2.20. The lowest BCUT2D eigenvalue weighted by molar-refractivity contribution is 0.0953. The number of carbonyl (C=O) groups is 1. The van der Waals surface area contributed by atoms with Crippen molar-refractivity contribution in [3.05, 3.63) is 18.2 Å². The minimum atomic E-state index is -0.309. The molecular weight excluding hydrogens is 194 g/mol. The van der Waals surface area contributed by atoms with Gasteiger partial charge in [0.1, 0.15) is 0 Å². The Morgan fingerprint density at radius 3 is 2.80 bits per heavy atom. The number of rotatable bonds is 1. The number of carbonyl (C=O) groups excluding carboxylic acids is 1. The van der Waals surface area contributed by atoms with Crippen LogP contribution >= 0.6 is 0 Å².